The van der Waals surface area contributed by atoms with Gasteiger partial charge in [-0.3, -0.25) is 5.01 Å². The van der Waals surface area contributed by atoms with Gasteiger partial charge in [0, 0.05) is 19.8 Å². The highest BCUT2D eigenvalue weighted by Crippen LogP contribution is 2.07. The summed E-state index contributed by atoms with van der Waals surface area (Å²) in [6.07, 6.45) is 3.95. The van der Waals surface area contributed by atoms with E-state index in [-0.39, 0.29) is 0 Å². The van der Waals surface area contributed by atoms with Gasteiger partial charge in [0.15, 0.2) is 0 Å². The second-order valence-electron chi connectivity index (χ2n) is 2.16. The molecule has 0 unspecified atom stereocenters. The summed E-state index contributed by atoms with van der Waals surface area (Å²) in [4.78, 5) is 0. The van der Waals surface area contributed by atoms with E-state index in [4.69, 9.17) is 0 Å². The zero-order valence-corrected chi connectivity index (χ0v) is 5.14. The van der Waals surface area contributed by atoms with Crippen LogP contribution in [0.25, 0.3) is 0 Å². The third-order valence-electron chi connectivity index (χ3n) is 1.53. The minimum absolute atomic E-state index is 1.11. The maximum Gasteiger partial charge on any atom is 0.0360 e. The Kier molecular flexibility index (Phi) is 1.89. The summed E-state index contributed by atoms with van der Waals surface area (Å²) in [6.45, 7) is 5.69. The van der Waals surface area contributed by atoms with Crippen molar-refractivity contribution in [2.75, 3.05) is 13.1 Å². The number of hydrogen-bond donors (Lipinski definition) is 0. The fourth-order valence-electron chi connectivity index (χ4n) is 1.02. The first-order valence-corrected chi connectivity index (χ1v) is 3.15. The summed E-state index contributed by atoms with van der Waals surface area (Å²) in [5.74, 6) is 0. The predicted octanol–water partition coefficient (Wildman–Crippen LogP) is 1.09. The summed E-state index contributed by atoms with van der Waals surface area (Å²) in [5, 5.41) is 5.86. The van der Waals surface area contributed by atoms with E-state index in [0.717, 1.165) is 13.1 Å². The maximum absolute atomic E-state index is 3.83. The van der Waals surface area contributed by atoms with Crippen molar-refractivity contribution < 1.29 is 0 Å². The number of hydrazone groups is 1. The third-order valence-corrected chi connectivity index (χ3v) is 1.53. The predicted molar refractivity (Wildman–Crippen MR) is 35.0 cm³/mol. The maximum atomic E-state index is 3.83. The molecule has 8 heavy (non-hydrogen) atoms. The second-order valence-corrected chi connectivity index (χ2v) is 2.16. The molecule has 0 aromatic rings. The van der Waals surface area contributed by atoms with Crippen LogP contribution in [-0.2, 0) is 0 Å². The second kappa shape index (κ2) is 2.70. The van der Waals surface area contributed by atoms with Gasteiger partial charge in [-0.15, -0.1) is 0 Å². The molecule has 1 fully saturated rings. The van der Waals surface area contributed by atoms with Crippen LogP contribution in [0, 0.1) is 0 Å². The Morgan fingerprint density at radius 2 is 1.75 bits per heavy atom. The van der Waals surface area contributed by atoms with Crippen molar-refractivity contribution >= 4 is 6.72 Å². The van der Waals surface area contributed by atoms with Crippen molar-refractivity contribution in [3.8, 4) is 0 Å². The molecule has 0 radical (unpaired) electrons. The van der Waals surface area contributed by atoms with E-state index < -0.39 is 0 Å². The average Bonchev–Trinajstić information content (AvgIpc) is 1.90. The number of nitrogens with zero attached hydrogens (tertiary/aromatic N) is 2. The largest absolute Gasteiger partial charge is 0.298 e. The quantitative estimate of drug-likeness (QED) is 0.463. The van der Waals surface area contributed by atoms with Crippen LogP contribution in [0.15, 0.2) is 5.10 Å². The van der Waals surface area contributed by atoms with Gasteiger partial charge >= 0.3 is 0 Å². The molecule has 0 bridgehead atoms. The van der Waals surface area contributed by atoms with E-state index >= 15 is 0 Å². The summed E-state index contributed by atoms with van der Waals surface area (Å²) >= 11 is 0. The van der Waals surface area contributed by atoms with Crippen molar-refractivity contribution in [1.29, 1.82) is 0 Å². The molecular formula is C6H12N2. The number of rotatable bonds is 1. The van der Waals surface area contributed by atoms with Gasteiger partial charge in [0.25, 0.3) is 0 Å². The zero-order valence-electron chi connectivity index (χ0n) is 5.14. The molecule has 2 nitrogen and oxygen atoms in total. The molecule has 0 aromatic carbocycles. The van der Waals surface area contributed by atoms with Crippen molar-refractivity contribution in [1.82, 2.24) is 5.01 Å². The lowest BCUT2D eigenvalue weighted by molar-refractivity contribution is 0.241. The van der Waals surface area contributed by atoms with E-state index in [1.807, 2.05) is 5.01 Å². The Bertz CT molecular complexity index is 74.6. The van der Waals surface area contributed by atoms with E-state index in [9.17, 15) is 0 Å². The fraction of sp³-hybridized carbons (Fsp3) is 0.833. The topological polar surface area (TPSA) is 15.6 Å². The van der Waals surface area contributed by atoms with E-state index in [2.05, 4.69) is 11.8 Å². The summed E-state index contributed by atoms with van der Waals surface area (Å²) in [6, 6.07) is 0. The molecule has 1 aliphatic rings. The molecule has 0 aromatic heterocycles. The lowest BCUT2D eigenvalue weighted by Gasteiger charge is -2.22. The Morgan fingerprint density at radius 1 is 1.12 bits per heavy atom. The first-order chi connectivity index (χ1) is 3.93. The van der Waals surface area contributed by atoms with Crippen LogP contribution in [0.2, 0.25) is 0 Å². The van der Waals surface area contributed by atoms with Crippen molar-refractivity contribution in [3.63, 3.8) is 0 Å². The Morgan fingerprint density at radius 3 is 2.12 bits per heavy atom. The van der Waals surface area contributed by atoms with E-state index in [0.29, 0.717) is 0 Å². The van der Waals surface area contributed by atoms with Crippen LogP contribution in [0.5, 0.6) is 0 Å². The highest BCUT2D eigenvalue weighted by atomic mass is 15.4. The van der Waals surface area contributed by atoms with Crippen LogP contribution in [0.3, 0.4) is 0 Å². The molecule has 0 aliphatic carbocycles. The molecular weight excluding hydrogens is 100 g/mol. The van der Waals surface area contributed by atoms with Gasteiger partial charge in [-0.25, -0.2) is 0 Å². The zero-order chi connectivity index (χ0) is 5.82. The molecule has 0 N–H and O–H groups in total. The standard InChI is InChI=1S/C6H12N2/c1-7-8-5-3-2-4-6-8/h1-6H2. The van der Waals surface area contributed by atoms with Gasteiger partial charge < -0.3 is 0 Å². The average molecular weight is 112 g/mol. The molecule has 0 saturated carbocycles. The van der Waals surface area contributed by atoms with Crippen LogP contribution in [0.1, 0.15) is 19.3 Å². The monoisotopic (exact) mass is 112 g/mol. The normalized spacial score (nSPS) is 20.8. The minimum atomic E-state index is 1.11. The molecule has 1 saturated heterocycles. The number of hydrogen-bond acceptors (Lipinski definition) is 2. The SMILES string of the molecule is C=NN1CCCCC1. The van der Waals surface area contributed by atoms with Crippen molar-refractivity contribution in [2.45, 2.75) is 19.3 Å². The Hall–Kier alpha value is -0.530. The molecule has 0 atom stereocenters. The molecule has 1 rings (SSSR count). The minimum Gasteiger partial charge on any atom is -0.298 e. The van der Waals surface area contributed by atoms with Crippen LogP contribution < -0.4 is 0 Å². The Labute approximate surface area is 50.2 Å². The van der Waals surface area contributed by atoms with Gasteiger partial charge in [-0.05, 0) is 19.3 Å². The van der Waals surface area contributed by atoms with Crippen molar-refractivity contribution in [3.05, 3.63) is 0 Å². The third kappa shape index (κ3) is 1.22. The number of piperidine rings is 1. The molecule has 1 aliphatic heterocycles. The molecule has 46 valence electrons. The van der Waals surface area contributed by atoms with E-state index in [1.54, 1.807) is 0 Å². The summed E-state index contributed by atoms with van der Waals surface area (Å²) in [7, 11) is 0. The van der Waals surface area contributed by atoms with Crippen molar-refractivity contribution in [2.24, 2.45) is 5.10 Å². The van der Waals surface area contributed by atoms with Crippen LogP contribution in [0.4, 0.5) is 0 Å². The first kappa shape index (κ1) is 5.60. The first-order valence-electron chi connectivity index (χ1n) is 3.15. The lowest BCUT2D eigenvalue weighted by atomic mass is 10.2. The van der Waals surface area contributed by atoms with Gasteiger partial charge in [0.1, 0.15) is 0 Å². The lowest BCUT2D eigenvalue weighted by Crippen LogP contribution is -2.23. The molecule has 2 heteroatoms. The molecule has 0 spiro atoms. The van der Waals surface area contributed by atoms with Gasteiger partial charge in [-0.1, -0.05) is 0 Å². The summed E-state index contributed by atoms with van der Waals surface area (Å²) < 4.78 is 0. The van der Waals surface area contributed by atoms with Crippen LogP contribution in [-0.4, -0.2) is 24.8 Å². The van der Waals surface area contributed by atoms with Crippen LogP contribution >= 0.6 is 0 Å². The fourth-order valence-corrected chi connectivity index (χ4v) is 1.02. The van der Waals surface area contributed by atoms with Gasteiger partial charge in [-0.2, -0.15) is 5.10 Å². The van der Waals surface area contributed by atoms with E-state index in [1.165, 1.54) is 19.3 Å². The van der Waals surface area contributed by atoms with Gasteiger partial charge in [0.2, 0.25) is 0 Å². The summed E-state index contributed by atoms with van der Waals surface area (Å²) in [5.41, 5.74) is 0. The molecule has 0 amide bonds. The molecule has 1 heterocycles. The highest BCUT2D eigenvalue weighted by Gasteiger charge is 2.04. The smallest absolute Gasteiger partial charge is 0.0360 e. The van der Waals surface area contributed by atoms with Gasteiger partial charge in [0.05, 0.1) is 0 Å². The highest BCUT2D eigenvalue weighted by molar-refractivity contribution is 5.22. The Balaban J connectivity index is 2.22.